The summed E-state index contributed by atoms with van der Waals surface area (Å²) in [5.41, 5.74) is 0.670. The van der Waals surface area contributed by atoms with Crippen LogP contribution in [0.1, 0.15) is 13.8 Å². The third-order valence-electron chi connectivity index (χ3n) is 2.98. The largest absolute Gasteiger partial charge is 0.274 e. The number of anilines is 1. The predicted molar refractivity (Wildman–Crippen MR) is 57.3 cm³/mol. The van der Waals surface area contributed by atoms with Crippen LogP contribution in [0, 0.1) is 11.8 Å². The fourth-order valence-corrected chi connectivity index (χ4v) is 1.78. The van der Waals surface area contributed by atoms with Gasteiger partial charge in [-0.3, -0.25) is 14.5 Å². The lowest BCUT2D eigenvalue weighted by molar-refractivity contribution is -0.122. The van der Waals surface area contributed by atoms with Crippen molar-refractivity contribution in [1.82, 2.24) is 0 Å². The van der Waals surface area contributed by atoms with E-state index in [0.717, 1.165) is 0 Å². The Morgan fingerprint density at radius 3 is 1.87 bits per heavy atom. The molecule has 0 unspecified atom stereocenters. The SMILES string of the molecule is C[C@@H]1C(=O)N(c2ccccc2)C(=O)[C@@H]1C. The molecule has 0 aliphatic carbocycles. The Morgan fingerprint density at radius 1 is 0.933 bits per heavy atom. The number of nitrogens with zero attached hydrogens (tertiary/aromatic N) is 1. The Balaban J connectivity index is 2.39. The van der Waals surface area contributed by atoms with E-state index in [2.05, 4.69) is 0 Å². The first-order valence-corrected chi connectivity index (χ1v) is 5.06. The van der Waals surface area contributed by atoms with Gasteiger partial charge in [0.1, 0.15) is 0 Å². The summed E-state index contributed by atoms with van der Waals surface area (Å²) in [5.74, 6) is -0.618. The van der Waals surface area contributed by atoms with E-state index < -0.39 is 0 Å². The van der Waals surface area contributed by atoms with Gasteiger partial charge in [-0.25, -0.2) is 0 Å². The summed E-state index contributed by atoms with van der Waals surface area (Å²) in [5, 5.41) is 0. The van der Waals surface area contributed by atoms with Crippen LogP contribution in [0.4, 0.5) is 5.69 Å². The summed E-state index contributed by atoms with van der Waals surface area (Å²) < 4.78 is 0. The molecule has 0 radical (unpaired) electrons. The fourth-order valence-electron chi connectivity index (χ4n) is 1.78. The van der Waals surface area contributed by atoms with Crippen LogP contribution in [0.5, 0.6) is 0 Å². The molecule has 15 heavy (non-hydrogen) atoms. The number of imide groups is 1. The minimum atomic E-state index is -0.210. The molecule has 3 nitrogen and oxygen atoms in total. The van der Waals surface area contributed by atoms with E-state index in [9.17, 15) is 9.59 Å². The van der Waals surface area contributed by atoms with Crippen molar-refractivity contribution in [2.75, 3.05) is 4.90 Å². The molecule has 78 valence electrons. The average molecular weight is 203 g/mol. The molecule has 0 spiro atoms. The molecule has 0 saturated carbocycles. The van der Waals surface area contributed by atoms with Gasteiger partial charge in [0.25, 0.3) is 0 Å². The first-order chi connectivity index (χ1) is 7.13. The third-order valence-corrected chi connectivity index (χ3v) is 2.98. The highest BCUT2D eigenvalue weighted by atomic mass is 16.2. The maximum absolute atomic E-state index is 11.8. The van der Waals surface area contributed by atoms with Gasteiger partial charge in [0.05, 0.1) is 5.69 Å². The molecule has 1 heterocycles. The zero-order chi connectivity index (χ0) is 11.0. The number of rotatable bonds is 1. The maximum atomic E-state index is 11.8. The summed E-state index contributed by atoms with van der Waals surface area (Å²) >= 11 is 0. The Kier molecular flexibility index (Phi) is 2.31. The van der Waals surface area contributed by atoms with E-state index in [1.54, 1.807) is 26.0 Å². The second kappa shape index (κ2) is 3.50. The van der Waals surface area contributed by atoms with E-state index in [4.69, 9.17) is 0 Å². The molecule has 1 fully saturated rings. The van der Waals surface area contributed by atoms with Gasteiger partial charge in [-0.15, -0.1) is 0 Å². The minimum absolute atomic E-state index is 0.0984. The van der Waals surface area contributed by atoms with Gasteiger partial charge in [-0.1, -0.05) is 32.0 Å². The summed E-state index contributed by atoms with van der Waals surface area (Å²) in [4.78, 5) is 25.0. The first-order valence-electron chi connectivity index (χ1n) is 5.06. The van der Waals surface area contributed by atoms with Crippen LogP contribution in [0.25, 0.3) is 0 Å². The molecular formula is C12H13NO2. The third kappa shape index (κ3) is 1.44. The molecule has 0 N–H and O–H groups in total. The Morgan fingerprint density at radius 2 is 1.40 bits per heavy atom. The number of amides is 2. The van der Waals surface area contributed by atoms with Gasteiger partial charge in [0.15, 0.2) is 0 Å². The van der Waals surface area contributed by atoms with E-state index >= 15 is 0 Å². The smallest absolute Gasteiger partial charge is 0.237 e. The van der Waals surface area contributed by atoms with Crippen LogP contribution >= 0.6 is 0 Å². The number of hydrogen-bond donors (Lipinski definition) is 0. The molecule has 0 aromatic heterocycles. The molecule has 1 aromatic rings. The van der Waals surface area contributed by atoms with Crippen LogP contribution in [0.3, 0.4) is 0 Å². The zero-order valence-corrected chi connectivity index (χ0v) is 8.81. The monoisotopic (exact) mass is 203 g/mol. The van der Waals surface area contributed by atoms with Gasteiger partial charge in [0, 0.05) is 11.8 Å². The zero-order valence-electron chi connectivity index (χ0n) is 8.81. The summed E-state index contributed by atoms with van der Waals surface area (Å²) in [6, 6.07) is 9.07. The normalized spacial score (nSPS) is 26.1. The van der Waals surface area contributed by atoms with Crippen molar-refractivity contribution in [2.45, 2.75) is 13.8 Å². The van der Waals surface area contributed by atoms with E-state index in [0.29, 0.717) is 5.69 Å². The Labute approximate surface area is 88.7 Å². The Hall–Kier alpha value is -1.64. The van der Waals surface area contributed by atoms with Crippen molar-refractivity contribution in [3.05, 3.63) is 30.3 Å². The highest BCUT2D eigenvalue weighted by Gasteiger charge is 2.42. The summed E-state index contributed by atoms with van der Waals surface area (Å²) in [7, 11) is 0. The van der Waals surface area contributed by atoms with Crippen LogP contribution in [0.2, 0.25) is 0 Å². The second-order valence-electron chi connectivity index (χ2n) is 3.92. The van der Waals surface area contributed by atoms with Gasteiger partial charge in [0.2, 0.25) is 11.8 Å². The lowest BCUT2D eigenvalue weighted by atomic mass is 10.00. The van der Waals surface area contributed by atoms with E-state index in [1.807, 2.05) is 18.2 Å². The molecule has 2 rings (SSSR count). The average Bonchev–Trinajstić information content (AvgIpc) is 2.45. The van der Waals surface area contributed by atoms with Crippen molar-refractivity contribution in [3.8, 4) is 0 Å². The number of hydrogen-bond acceptors (Lipinski definition) is 2. The lowest BCUT2D eigenvalue weighted by Crippen LogP contribution is -2.30. The highest BCUT2D eigenvalue weighted by molar-refractivity contribution is 6.21. The quantitative estimate of drug-likeness (QED) is 0.653. The highest BCUT2D eigenvalue weighted by Crippen LogP contribution is 2.29. The molecular weight excluding hydrogens is 190 g/mol. The van der Waals surface area contributed by atoms with Gasteiger partial charge < -0.3 is 0 Å². The van der Waals surface area contributed by atoms with Crippen LogP contribution < -0.4 is 4.90 Å². The maximum Gasteiger partial charge on any atom is 0.237 e. The minimum Gasteiger partial charge on any atom is -0.274 e. The molecule has 2 atom stereocenters. The predicted octanol–water partition coefficient (Wildman–Crippen LogP) is 1.83. The van der Waals surface area contributed by atoms with Gasteiger partial charge in [-0.05, 0) is 12.1 Å². The number of carbonyl (C=O) groups excluding carboxylic acids is 2. The van der Waals surface area contributed by atoms with Crippen molar-refractivity contribution < 1.29 is 9.59 Å². The molecule has 0 bridgehead atoms. The van der Waals surface area contributed by atoms with Gasteiger partial charge in [-0.2, -0.15) is 0 Å². The first kappa shape index (κ1) is 9.90. The summed E-state index contributed by atoms with van der Waals surface area (Å²) in [6.45, 7) is 3.60. The lowest BCUT2D eigenvalue weighted by Gasteiger charge is -2.13. The van der Waals surface area contributed by atoms with Crippen molar-refractivity contribution in [3.63, 3.8) is 0 Å². The number of para-hydroxylation sites is 1. The number of benzene rings is 1. The summed E-state index contributed by atoms with van der Waals surface area (Å²) in [6.07, 6.45) is 0. The number of carbonyl (C=O) groups is 2. The molecule has 2 amide bonds. The topological polar surface area (TPSA) is 37.4 Å². The standard InChI is InChI=1S/C12H13NO2/c1-8-9(2)12(15)13(11(8)14)10-6-4-3-5-7-10/h3-9H,1-2H3/t8-,9+. The van der Waals surface area contributed by atoms with Crippen LogP contribution in [-0.4, -0.2) is 11.8 Å². The Bertz CT molecular complexity index is 379. The van der Waals surface area contributed by atoms with E-state index in [-0.39, 0.29) is 23.7 Å². The molecule has 1 saturated heterocycles. The molecule has 1 aliphatic rings. The molecule has 1 aliphatic heterocycles. The molecule has 3 heteroatoms. The van der Waals surface area contributed by atoms with Crippen molar-refractivity contribution >= 4 is 17.5 Å². The van der Waals surface area contributed by atoms with Crippen LogP contribution in [0.15, 0.2) is 30.3 Å². The fraction of sp³-hybridized carbons (Fsp3) is 0.333. The van der Waals surface area contributed by atoms with Crippen molar-refractivity contribution in [2.24, 2.45) is 11.8 Å². The second-order valence-corrected chi connectivity index (χ2v) is 3.92. The van der Waals surface area contributed by atoms with E-state index in [1.165, 1.54) is 4.90 Å². The molecule has 1 aromatic carbocycles. The van der Waals surface area contributed by atoms with Gasteiger partial charge >= 0.3 is 0 Å². The van der Waals surface area contributed by atoms with Crippen molar-refractivity contribution in [1.29, 1.82) is 0 Å². The van der Waals surface area contributed by atoms with Crippen LogP contribution in [-0.2, 0) is 9.59 Å².